The molecule has 3 rings (SSSR count). The fraction of sp³-hybridized carbons (Fsp3) is 0.278. The Morgan fingerprint density at radius 2 is 2.04 bits per heavy atom. The zero-order chi connectivity index (χ0) is 19.2. The number of benzene rings is 1. The smallest absolute Gasteiger partial charge is 0.353 e. The van der Waals surface area contributed by atoms with Gasteiger partial charge >= 0.3 is 5.69 Å². The van der Waals surface area contributed by atoms with Gasteiger partial charge in [-0.3, -0.25) is 10.1 Å². The number of aryl methyl sites for hydroxylation is 3. The fourth-order valence-corrected chi connectivity index (χ4v) is 2.66. The van der Waals surface area contributed by atoms with Crippen molar-refractivity contribution in [3.63, 3.8) is 0 Å². The number of nitro groups is 1. The number of nitrogens with zero attached hydrogens (tertiary/aromatic N) is 5. The normalized spacial score (nSPS) is 10.6. The Kier molecular flexibility index (Phi) is 5.60. The minimum atomic E-state index is -0.467. The van der Waals surface area contributed by atoms with Crippen molar-refractivity contribution in [2.75, 3.05) is 17.2 Å². The molecule has 140 valence electrons. The van der Waals surface area contributed by atoms with Gasteiger partial charge in [-0.25, -0.2) is 15.0 Å². The van der Waals surface area contributed by atoms with E-state index in [1.54, 1.807) is 12.5 Å². The van der Waals surface area contributed by atoms with Gasteiger partial charge in [-0.15, -0.1) is 0 Å². The van der Waals surface area contributed by atoms with Crippen LogP contribution in [-0.2, 0) is 6.54 Å². The highest BCUT2D eigenvalue weighted by molar-refractivity contribution is 5.74. The average Bonchev–Trinajstić information content (AvgIpc) is 3.15. The highest BCUT2D eigenvalue weighted by Gasteiger charge is 2.23. The topological polar surface area (TPSA) is 111 Å². The summed E-state index contributed by atoms with van der Waals surface area (Å²) in [5, 5.41) is 17.8. The standard InChI is InChI=1S/C18H21N7O2/c1-13-4-5-14(2)15(10-13)23-18-16(25(26)27)17(21-11-22-18)20-6-3-8-24-9-7-19-12-24/h4-5,7,9-12H,3,6,8H2,1-2H3,(H2,20,21,22,23). The summed E-state index contributed by atoms with van der Waals surface area (Å²) in [6.45, 7) is 5.20. The van der Waals surface area contributed by atoms with Crippen LogP contribution in [0.25, 0.3) is 0 Å². The second-order valence-corrected chi connectivity index (χ2v) is 6.20. The zero-order valence-corrected chi connectivity index (χ0v) is 15.2. The molecule has 0 unspecified atom stereocenters. The van der Waals surface area contributed by atoms with Crippen LogP contribution >= 0.6 is 0 Å². The molecule has 0 amide bonds. The van der Waals surface area contributed by atoms with E-state index in [9.17, 15) is 10.1 Å². The van der Waals surface area contributed by atoms with E-state index in [1.165, 1.54) is 6.33 Å². The minimum Gasteiger partial charge on any atom is -0.364 e. The van der Waals surface area contributed by atoms with Crippen LogP contribution in [-0.4, -0.2) is 31.0 Å². The SMILES string of the molecule is Cc1ccc(C)c(Nc2ncnc(NCCCn3ccnc3)c2[N+](=O)[O-])c1. The van der Waals surface area contributed by atoms with Crippen molar-refractivity contribution in [2.24, 2.45) is 0 Å². The van der Waals surface area contributed by atoms with Crippen LogP contribution in [0.4, 0.5) is 23.0 Å². The molecule has 0 aliphatic rings. The van der Waals surface area contributed by atoms with E-state index in [4.69, 9.17) is 0 Å². The maximum absolute atomic E-state index is 11.6. The maximum Gasteiger partial charge on any atom is 0.353 e. The van der Waals surface area contributed by atoms with Gasteiger partial charge in [-0.2, -0.15) is 0 Å². The number of imidazole rings is 1. The molecule has 0 saturated heterocycles. The minimum absolute atomic E-state index is 0.166. The molecule has 9 heteroatoms. The van der Waals surface area contributed by atoms with E-state index in [0.29, 0.717) is 6.54 Å². The Bertz CT molecular complexity index is 925. The van der Waals surface area contributed by atoms with Gasteiger partial charge in [0.1, 0.15) is 6.33 Å². The van der Waals surface area contributed by atoms with Gasteiger partial charge in [0.15, 0.2) is 0 Å². The Morgan fingerprint density at radius 3 is 2.78 bits per heavy atom. The number of hydrogen-bond donors (Lipinski definition) is 2. The van der Waals surface area contributed by atoms with Crippen molar-refractivity contribution >= 4 is 23.0 Å². The first-order chi connectivity index (χ1) is 13.0. The summed E-state index contributed by atoms with van der Waals surface area (Å²) in [6.07, 6.45) is 7.42. The highest BCUT2D eigenvalue weighted by Crippen LogP contribution is 2.32. The molecular weight excluding hydrogens is 346 g/mol. The van der Waals surface area contributed by atoms with E-state index < -0.39 is 4.92 Å². The molecule has 2 N–H and O–H groups in total. The van der Waals surface area contributed by atoms with E-state index in [2.05, 4.69) is 25.6 Å². The van der Waals surface area contributed by atoms with Gasteiger partial charge in [0.05, 0.1) is 11.3 Å². The summed E-state index contributed by atoms with van der Waals surface area (Å²) in [6, 6.07) is 5.88. The van der Waals surface area contributed by atoms with Crippen molar-refractivity contribution in [1.82, 2.24) is 19.5 Å². The number of aromatic nitrogens is 4. The highest BCUT2D eigenvalue weighted by atomic mass is 16.6. The predicted octanol–water partition coefficient (Wildman–Crippen LogP) is 3.44. The third-order valence-electron chi connectivity index (χ3n) is 4.10. The van der Waals surface area contributed by atoms with Gasteiger partial charge in [0.2, 0.25) is 11.6 Å². The number of hydrogen-bond acceptors (Lipinski definition) is 7. The molecule has 0 aliphatic carbocycles. The predicted molar refractivity (Wildman–Crippen MR) is 103 cm³/mol. The molecule has 0 fully saturated rings. The molecule has 2 heterocycles. The van der Waals surface area contributed by atoms with Crippen molar-refractivity contribution in [3.8, 4) is 0 Å². The van der Waals surface area contributed by atoms with Crippen LogP contribution in [0, 0.1) is 24.0 Å². The molecule has 0 radical (unpaired) electrons. The molecule has 9 nitrogen and oxygen atoms in total. The Balaban J connectivity index is 1.75. The lowest BCUT2D eigenvalue weighted by Gasteiger charge is -2.12. The number of nitrogens with one attached hydrogen (secondary N) is 2. The zero-order valence-electron chi connectivity index (χ0n) is 15.2. The summed E-state index contributed by atoms with van der Waals surface area (Å²) in [7, 11) is 0. The van der Waals surface area contributed by atoms with Crippen molar-refractivity contribution in [3.05, 3.63) is 64.5 Å². The first kappa shape index (κ1) is 18.3. The first-order valence-corrected chi connectivity index (χ1v) is 8.58. The molecule has 0 atom stereocenters. The first-order valence-electron chi connectivity index (χ1n) is 8.58. The maximum atomic E-state index is 11.6. The molecule has 27 heavy (non-hydrogen) atoms. The third kappa shape index (κ3) is 4.57. The second kappa shape index (κ2) is 8.26. The molecule has 0 saturated carbocycles. The molecule has 1 aromatic carbocycles. The number of anilines is 3. The van der Waals surface area contributed by atoms with E-state index >= 15 is 0 Å². The van der Waals surface area contributed by atoms with Gasteiger partial charge in [-0.05, 0) is 37.5 Å². The monoisotopic (exact) mass is 367 g/mol. The lowest BCUT2D eigenvalue weighted by atomic mass is 10.1. The molecule has 0 aliphatic heterocycles. The van der Waals surface area contributed by atoms with Crippen LogP contribution in [0.2, 0.25) is 0 Å². The molecule has 2 aromatic heterocycles. The van der Waals surface area contributed by atoms with Gasteiger partial charge in [0.25, 0.3) is 0 Å². The number of rotatable bonds is 8. The summed E-state index contributed by atoms with van der Waals surface area (Å²) in [4.78, 5) is 23.3. The lowest BCUT2D eigenvalue weighted by molar-refractivity contribution is -0.383. The summed E-state index contributed by atoms with van der Waals surface area (Å²) in [5.41, 5.74) is 2.64. The van der Waals surface area contributed by atoms with Crippen LogP contribution in [0.1, 0.15) is 17.5 Å². The van der Waals surface area contributed by atoms with E-state index in [-0.39, 0.29) is 17.3 Å². The van der Waals surface area contributed by atoms with E-state index in [1.807, 2.05) is 42.8 Å². The van der Waals surface area contributed by atoms with E-state index in [0.717, 1.165) is 29.8 Å². The largest absolute Gasteiger partial charge is 0.364 e. The Morgan fingerprint density at radius 1 is 1.22 bits per heavy atom. The molecule has 0 bridgehead atoms. The Labute approximate surface area is 156 Å². The van der Waals surface area contributed by atoms with Gasteiger partial charge in [0, 0.05) is 31.2 Å². The van der Waals surface area contributed by atoms with Gasteiger partial charge < -0.3 is 15.2 Å². The lowest BCUT2D eigenvalue weighted by Crippen LogP contribution is -2.11. The summed E-state index contributed by atoms with van der Waals surface area (Å²) < 4.78 is 1.95. The van der Waals surface area contributed by atoms with Gasteiger partial charge in [-0.1, -0.05) is 12.1 Å². The summed E-state index contributed by atoms with van der Waals surface area (Å²) >= 11 is 0. The molecule has 0 spiro atoms. The van der Waals surface area contributed by atoms with Crippen LogP contribution in [0.5, 0.6) is 0 Å². The molecular formula is C18H21N7O2. The fourth-order valence-electron chi connectivity index (χ4n) is 2.66. The molecule has 3 aromatic rings. The average molecular weight is 367 g/mol. The Hall–Kier alpha value is -3.49. The van der Waals surface area contributed by atoms with Crippen LogP contribution < -0.4 is 10.6 Å². The van der Waals surface area contributed by atoms with Crippen LogP contribution in [0.3, 0.4) is 0 Å². The third-order valence-corrected chi connectivity index (χ3v) is 4.10. The second-order valence-electron chi connectivity index (χ2n) is 6.20. The van der Waals surface area contributed by atoms with Crippen molar-refractivity contribution in [1.29, 1.82) is 0 Å². The van der Waals surface area contributed by atoms with Crippen LogP contribution in [0.15, 0.2) is 43.2 Å². The summed E-state index contributed by atoms with van der Waals surface area (Å²) in [5.74, 6) is 0.370. The quantitative estimate of drug-likeness (QED) is 0.356. The van der Waals surface area contributed by atoms with Crippen molar-refractivity contribution < 1.29 is 4.92 Å². The van der Waals surface area contributed by atoms with Crippen molar-refractivity contribution in [2.45, 2.75) is 26.8 Å².